The second-order valence-corrected chi connectivity index (χ2v) is 9.21. The van der Waals surface area contributed by atoms with Gasteiger partial charge in [-0.3, -0.25) is 9.59 Å². The highest BCUT2D eigenvalue weighted by Crippen LogP contribution is 2.36. The molecular formula is C22H18F6N6O2S. The quantitative estimate of drug-likeness (QED) is 0.455. The Bertz CT molecular complexity index is 1270. The van der Waals surface area contributed by atoms with Crippen molar-refractivity contribution < 1.29 is 35.9 Å². The highest BCUT2D eigenvalue weighted by Gasteiger charge is 2.37. The number of halogens is 6. The van der Waals surface area contributed by atoms with Crippen LogP contribution in [0.25, 0.3) is 5.82 Å². The van der Waals surface area contributed by atoms with E-state index in [4.69, 9.17) is 0 Å². The monoisotopic (exact) mass is 544 g/mol. The average molecular weight is 544 g/mol. The van der Waals surface area contributed by atoms with Crippen LogP contribution in [-0.4, -0.2) is 49.1 Å². The highest BCUT2D eigenvalue weighted by molar-refractivity contribution is 8.00. The molecule has 15 heteroatoms. The van der Waals surface area contributed by atoms with E-state index in [1.54, 1.807) is 11.8 Å². The molecule has 2 aromatic heterocycles. The first-order valence-corrected chi connectivity index (χ1v) is 11.8. The largest absolute Gasteiger partial charge is 0.416 e. The smallest absolute Gasteiger partial charge is 0.348 e. The second-order valence-electron chi connectivity index (χ2n) is 8.13. The molecule has 1 aromatic carbocycles. The van der Waals surface area contributed by atoms with Gasteiger partial charge in [0.05, 0.1) is 22.7 Å². The zero-order valence-corrected chi connectivity index (χ0v) is 19.7. The summed E-state index contributed by atoms with van der Waals surface area (Å²) in [5, 5.41) is 9.21. The van der Waals surface area contributed by atoms with Crippen LogP contribution in [0, 0.1) is 0 Å². The van der Waals surface area contributed by atoms with Gasteiger partial charge in [0.2, 0.25) is 0 Å². The van der Waals surface area contributed by atoms with Gasteiger partial charge in [-0.1, -0.05) is 0 Å². The first-order valence-electron chi connectivity index (χ1n) is 10.7. The first kappa shape index (κ1) is 26.4. The van der Waals surface area contributed by atoms with Crippen LogP contribution in [0.5, 0.6) is 0 Å². The number of nitrogens with one attached hydrogen (secondary N) is 2. The maximum atomic E-state index is 13.1. The average Bonchev–Trinajstić information content (AvgIpc) is 3.30. The summed E-state index contributed by atoms with van der Waals surface area (Å²) in [5.41, 5.74) is -3.72. The topological polar surface area (TPSA) is 102 Å². The van der Waals surface area contributed by atoms with Gasteiger partial charge in [0.15, 0.2) is 11.6 Å². The molecule has 3 heterocycles. The van der Waals surface area contributed by atoms with Gasteiger partial charge in [0.25, 0.3) is 11.8 Å². The Morgan fingerprint density at radius 3 is 2.14 bits per heavy atom. The number of carbonyl (C=O) groups excluding carboxylic acids is 2. The number of carbonyl (C=O) groups is 2. The SMILES string of the molecule is C[C@H](NC(=O)c1cc(C(F)(F)F)cc(C(F)(F)F)c1)c1ncnn1-c1ccc(C(=O)NC2CSC2)cn1. The molecular weight excluding hydrogens is 526 g/mol. The molecule has 1 atom stereocenters. The fourth-order valence-corrected chi connectivity index (χ4v) is 4.02. The van der Waals surface area contributed by atoms with Gasteiger partial charge in [0.1, 0.15) is 6.33 Å². The lowest BCUT2D eigenvalue weighted by Gasteiger charge is -2.25. The Hall–Kier alpha value is -3.62. The van der Waals surface area contributed by atoms with E-state index in [0.29, 0.717) is 17.7 Å². The van der Waals surface area contributed by atoms with Crippen LogP contribution in [0.15, 0.2) is 42.9 Å². The van der Waals surface area contributed by atoms with E-state index in [1.165, 1.54) is 29.9 Å². The molecule has 3 aromatic rings. The van der Waals surface area contributed by atoms with Gasteiger partial charge in [-0.25, -0.2) is 9.97 Å². The van der Waals surface area contributed by atoms with Crippen molar-refractivity contribution in [1.29, 1.82) is 0 Å². The molecule has 0 unspecified atom stereocenters. The van der Waals surface area contributed by atoms with Gasteiger partial charge in [-0.15, -0.1) is 0 Å². The third-order valence-corrected chi connectivity index (χ3v) is 6.64. The van der Waals surface area contributed by atoms with Crippen LogP contribution in [0.1, 0.15) is 50.6 Å². The zero-order valence-electron chi connectivity index (χ0n) is 18.9. The summed E-state index contributed by atoms with van der Waals surface area (Å²) in [6.07, 6.45) is -7.71. The molecule has 196 valence electrons. The number of hydrogen-bond acceptors (Lipinski definition) is 6. The van der Waals surface area contributed by atoms with Crippen molar-refractivity contribution in [1.82, 2.24) is 30.4 Å². The molecule has 0 bridgehead atoms. The Morgan fingerprint density at radius 1 is 0.973 bits per heavy atom. The van der Waals surface area contributed by atoms with Crippen LogP contribution >= 0.6 is 11.8 Å². The van der Waals surface area contributed by atoms with Gasteiger partial charge in [0, 0.05) is 29.3 Å². The molecule has 2 amide bonds. The Labute approximate surface area is 209 Å². The molecule has 1 aliphatic heterocycles. The Balaban J connectivity index is 1.52. The van der Waals surface area contributed by atoms with Crippen molar-refractivity contribution in [2.45, 2.75) is 31.4 Å². The van der Waals surface area contributed by atoms with Crippen molar-refractivity contribution in [3.05, 3.63) is 70.9 Å². The van der Waals surface area contributed by atoms with Crippen molar-refractivity contribution in [2.24, 2.45) is 0 Å². The number of pyridine rings is 1. The van der Waals surface area contributed by atoms with Crippen LogP contribution in [0.4, 0.5) is 26.3 Å². The maximum absolute atomic E-state index is 13.1. The first-order chi connectivity index (χ1) is 17.3. The number of amides is 2. The van der Waals surface area contributed by atoms with Gasteiger partial charge in [-0.05, 0) is 37.3 Å². The highest BCUT2D eigenvalue weighted by atomic mass is 32.2. The van der Waals surface area contributed by atoms with E-state index in [1.807, 2.05) is 0 Å². The van der Waals surface area contributed by atoms with E-state index < -0.39 is 41.0 Å². The molecule has 2 N–H and O–H groups in total. The van der Waals surface area contributed by atoms with Crippen molar-refractivity contribution in [2.75, 3.05) is 11.5 Å². The summed E-state index contributed by atoms with van der Waals surface area (Å²) < 4.78 is 80.0. The molecule has 1 fully saturated rings. The number of rotatable bonds is 6. The molecule has 1 saturated heterocycles. The lowest BCUT2D eigenvalue weighted by molar-refractivity contribution is -0.143. The van der Waals surface area contributed by atoms with E-state index >= 15 is 0 Å². The van der Waals surface area contributed by atoms with Crippen molar-refractivity contribution in [3.63, 3.8) is 0 Å². The standard InChI is InChI=1S/C22H18F6N6O2S/c1-11(32-20(36)13-4-14(21(23,24)25)6-15(5-13)22(26,27)28)18-30-10-31-34(18)17-3-2-12(7-29-17)19(35)33-16-8-37-9-16/h2-7,10-11,16H,8-9H2,1H3,(H,32,36)(H,33,35)/t11-/m0/s1. The molecule has 4 rings (SSSR count). The number of alkyl halides is 6. The van der Waals surface area contributed by atoms with Crippen molar-refractivity contribution in [3.8, 4) is 5.82 Å². The summed E-state index contributed by atoms with van der Waals surface area (Å²) in [7, 11) is 0. The van der Waals surface area contributed by atoms with Crippen LogP contribution in [0.3, 0.4) is 0 Å². The van der Waals surface area contributed by atoms with Gasteiger partial charge >= 0.3 is 12.4 Å². The third-order valence-electron chi connectivity index (χ3n) is 5.36. The van der Waals surface area contributed by atoms with E-state index in [9.17, 15) is 35.9 Å². The molecule has 0 spiro atoms. The Kier molecular flexibility index (Phi) is 7.17. The summed E-state index contributed by atoms with van der Waals surface area (Å²) in [4.78, 5) is 33.1. The number of thioether (sulfide) groups is 1. The fourth-order valence-electron chi connectivity index (χ4n) is 3.39. The Morgan fingerprint density at radius 2 is 1.62 bits per heavy atom. The predicted octanol–water partition coefficient (Wildman–Crippen LogP) is 4.04. The lowest BCUT2D eigenvalue weighted by atomic mass is 10.0. The summed E-state index contributed by atoms with van der Waals surface area (Å²) in [6.45, 7) is 1.43. The molecule has 0 saturated carbocycles. The minimum absolute atomic E-state index is 0.0579. The van der Waals surface area contributed by atoms with Crippen molar-refractivity contribution >= 4 is 23.6 Å². The zero-order chi connectivity index (χ0) is 27.0. The number of aromatic nitrogens is 4. The molecule has 1 aliphatic rings. The molecule has 37 heavy (non-hydrogen) atoms. The van der Waals surface area contributed by atoms with E-state index in [-0.39, 0.29) is 29.7 Å². The summed E-state index contributed by atoms with van der Waals surface area (Å²) >= 11 is 1.71. The van der Waals surface area contributed by atoms with Crippen LogP contribution in [-0.2, 0) is 12.4 Å². The maximum Gasteiger partial charge on any atom is 0.416 e. The molecule has 0 aliphatic carbocycles. The van der Waals surface area contributed by atoms with E-state index in [2.05, 4.69) is 25.7 Å². The lowest BCUT2D eigenvalue weighted by Crippen LogP contribution is -2.43. The van der Waals surface area contributed by atoms with E-state index in [0.717, 1.165) is 17.8 Å². The predicted molar refractivity (Wildman–Crippen MR) is 120 cm³/mol. The van der Waals surface area contributed by atoms with Gasteiger partial charge in [-0.2, -0.15) is 47.9 Å². The summed E-state index contributed by atoms with van der Waals surface area (Å²) in [5.74, 6) is 0.536. The second kappa shape index (κ2) is 10.0. The molecule has 8 nitrogen and oxygen atoms in total. The van der Waals surface area contributed by atoms with Gasteiger partial charge < -0.3 is 10.6 Å². The normalized spacial score (nSPS) is 15.1. The van der Waals surface area contributed by atoms with Crippen LogP contribution < -0.4 is 10.6 Å². The van der Waals surface area contributed by atoms with Crippen LogP contribution in [0.2, 0.25) is 0 Å². The number of nitrogens with zero attached hydrogens (tertiary/aromatic N) is 4. The third kappa shape index (κ3) is 6.03. The minimum Gasteiger partial charge on any atom is -0.348 e. The minimum atomic E-state index is -5.09. The fraction of sp³-hybridized carbons (Fsp3) is 0.318. The molecule has 0 radical (unpaired) electrons. The number of benzene rings is 1. The summed E-state index contributed by atoms with van der Waals surface area (Å²) in [6, 6.07) is 2.74. The number of hydrogen-bond donors (Lipinski definition) is 2.